The molecule has 3 rings (SSSR count). The summed E-state index contributed by atoms with van der Waals surface area (Å²) in [5.41, 5.74) is 0. The Morgan fingerprint density at radius 2 is 1.75 bits per heavy atom. The number of hydrogen-bond acceptors (Lipinski definition) is 4. The number of hydrogen-bond donors (Lipinski definition) is 1. The molecule has 0 radical (unpaired) electrons. The van der Waals surface area contributed by atoms with Crippen LogP contribution in [0.25, 0.3) is 0 Å². The molecule has 0 aromatic carbocycles. The lowest BCUT2D eigenvalue weighted by Crippen LogP contribution is -2.50. The molecule has 2 heterocycles. The van der Waals surface area contributed by atoms with Gasteiger partial charge >= 0.3 is 6.03 Å². The van der Waals surface area contributed by atoms with E-state index >= 15 is 0 Å². The Morgan fingerprint density at radius 1 is 1.04 bits per heavy atom. The van der Waals surface area contributed by atoms with Gasteiger partial charge in [0.05, 0.1) is 6.10 Å². The van der Waals surface area contributed by atoms with Crippen LogP contribution in [0.3, 0.4) is 0 Å². The van der Waals surface area contributed by atoms with Gasteiger partial charge in [-0.25, -0.2) is 4.79 Å². The molecule has 2 aliphatic heterocycles. The predicted molar refractivity (Wildman–Crippen MR) is 95.2 cm³/mol. The first-order chi connectivity index (χ1) is 11.6. The summed E-state index contributed by atoms with van der Waals surface area (Å²) in [6.07, 6.45) is 5.68. The number of urea groups is 1. The van der Waals surface area contributed by atoms with Crippen molar-refractivity contribution in [2.45, 2.75) is 44.2 Å². The van der Waals surface area contributed by atoms with Gasteiger partial charge in [-0.2, -0.15) is 0 Å². The molecular weight excluding hydrogens is 304 g/mol. The highest BCUT2D eigenvalue weighted by Crippen LogP contribution is 2.23. The third-order valence-electron chi connectivity index (χ3n) is 6.06. The standard InChI is InChI=1S/C18H34N4O2/c1-20-9-11-21(12-10-20)14-15-5-7-22(8-6-15)18(23)19-16-3-4-17(13-16)24-2/h15-17H,3-14H2,1-2H3,(H,19,23). The number of rotatable bonds is 4. The molecule has 1 aliphatic carbocycles. The molecular formula is C18H34N4O2. The van der Waals surface area contributed by atoms with Crippen LogP contribution in [-0.2, 0) is 4.74 Å². The predicted octanol–water partition coefficient (Wildman–Crippen LogP) is 1.22. The van der Waals surface area contributed by atoms with E-state index in [0.717, 1.165) is 51.1 Å². The van der Waals surface area contributed by atoms with Crippen LogP contribution in [0.2, 0.25) is 0 Å². The molecule has 1 N–H and O–H groups in total. The summed E-state index contributed by atoms with van der Waals surface area (Å²) in [4.78, 5) is 19.5. The lowest BCUT2D eigenvalue weighted by molar-refractivity contribution is 0.104. The topological polar surface area (TPSA) is 48.1 Å². The van der Waals surface area contributed by atoms with Crippen LogP contribution < -0.4 is 5.32 Å². The molecule has 2 atom stereocenters. The summed E-state index contributed by atoms with van der Waals surface area (Å²) in [7, 11) is 3.97. The average Bonchev–Trinajstić information content (AvgIpc) is 3.05. The van der Waals surface area contributed by atoms with E-state index in [9.17, 15) is 4.79 Å². The minimum Gasteiger partial charge on any atom is -0.381 e. The number of likely N-dealkylation sites (tertiary alicyclic amines) is 1. The van der Waals surface area contributed by atoms with E-state index in [0.29, 0.717) is 12.1 Å². The fourth-order valence-corrected chi connectivity index (χ4v) is 4.27. The van der Waals surface area contributed by atoms with Crippen molar-refractivity contribution in [1.29, 1.82) is 0 Å². The third-order valence-corrected chi connectivity index (χ3v) is 6.06. The van der Waals surface area contributed by atoms with Crippen molar-refractivity contribution < 1.29 is 9.53 Å². The van der Waals surface area contributed by atoms with E-state index in [1.807, 2.05) is 4.90 Å². The number of carbonyl (C=O) groups excluding carboxylic acids is 1. The molecule has 3 fully saturated rings. The summed E-state index contributed by atoms with van der Waals surface area (Å²) >= 11 is 0. The first-order valence-electron chi connectivity index (χ1n) is 9.63. The Morgan fingerprint density at radius 3 is 2.38 bits per heavy atom. The van der Waals surface area contributed by atoms with E-state index < -0.39 is 0 Å². The van der Waals surface area contributed by atoms with Gasteiger partial charge in [0.15, 0.2) is 0 Å². The maximum Gasteiger partial charge on any atom is 0.317 e. The average molecular weight is 338 g/mol. The van der Waals surface area contributed by atoms with Gasteiger partial charge in [-0.15, -0.1) is 0 Å². The number of methoxy groups -OCH3 is 1. The van der Waals surface area contributed by atoms with Crippen molar-refractivity contribution in [3.05, 3.63) is 0 Å². The van der Waals surface area contributed by atoms with Gasteiger partial charge in [0.2, 0.25) is 0 Å². The molecule has 0 aromatic rings. The Hall–Kier alpha value is -0.850. The zero-order valence-electron chi connectivity index (χ0n) is 15.4. The Kier molecular flexibility index (Phi) is 6.36. The molecule has 138 valence electrons. The summed E-state index contributed by atoms with van der Waals surface area (Å²) in [6, 6.07) is 0.431. The molecule has 2 saturated heterocycles. The number of nitrogens with zero attached hydrogens (tertiary/aromatic N) is 3. The lowest BCUT2D eigenvalue weighted by atomic mass is 9.96. The number of carbonyl (C=O) groups is 1. The van der Waals surface area contributed by atoms with Gasteiger partial charge in [-0.3, -0.25) is 0 Å². The van der Waals surface area contributed by atoms with Crippen molar-refractivity contribution in [2.75, 3.05) is 60.0 Å². The molecule has 3 aliphatic rings. The summed E-state index contributed by atoms with van der Waals surface area (Å²) in [5, 5.41) is 3.21. The highest BCUT2D eigenvalue weighted by atomic mass is 16.5. The van der Waals surface area contributed by atoms with Crippen LogP contribution in [0.15, 0.2) is 0 Å². The molecule has 6 heteroatoms. The van der Waals surface area contributed by atoms with Crippen molar-refractivity contribution in [3.8, 4) is 0 Å². The second-order valence-electron chi connectivity index (χ2n) is 7.85. The van der Waals surface area contributed by atoms with Gasteiger partial charge in [-0.1, -0.05) is 0 Å². The minimum atomic E-state index is 0.134. The number of amides is 2. The van der Waals surface area contributed by atoms with Crippen LogP contribution in [0, 0.1) is 5.92 Å². The van der Waals surface area contributed by atoms with E-state index in [-0.39, 0.29) is 6.03 Å². The van der Waals surface area contributed by atoms with Gasteiger partial charge in [-0.05, 0) is 45.1 Å². The second-order valence-corrected chi connectivity index (χ2v) is 7.85. The number of likely N-dealkylation sites (N-methyl/N-ethyl adjacent to an activating group) is 1. The van der Waals surface area contributed by atoms with Crippen molar-refractivity contribution in [3.63, 3.8) is 0 Å². The molecule has 24 heavy (non-hydrogen) atoms. The Labute approximate surface area is 146 Å². The zero-order valence-corrected chi connectivity index (χ0v) is 15.4. The van der Waals surface area contributed by atoms with Crippen molar-refractivity contribution >= 4 is 6.03 Å². The third kappa shape index (κ3) is 4.83. The first-order valence-corrected chi connectivity index (χ1v) is 9.63. The summed E-state index contributed by atoms with van der Waals surface area (Å²) < 4.78 is 5.39. The van der Waals surface area contributed by atoms with Gasteiger partial charge in [0.1, 0.15) is 0 Å². The normalized spacial score (nSPS) is 30.7. The molecule has 2 unspecified atom stereocenters. The van der Waals surface area contributed by atoms with Crippen LogP contribution in [0.5, 0.6) is 0 Å². The Balaban J connectivity index is 1.35. The van der Waals surface area contributed by atoms with E-state index in [4.69, 9.17) is 4.74 Å². The highest BCUT2D eigenvalue weighted by molar-refractivity contribution is 5.74. The first kappa shape index (κ1) is 18.0. The fourth-order valence-electron chi connectivity index (χ4n) is 4.27. The van der Waals surface area contributed by atoms with Crippen LogP contribution >= 0.6 is 0 Å². The number of piperazine rings is 1. The molecule has 1 saturated carbocycles. The smallest absolute Gasteiger partial charge is 0.317 e. The maximum atomic E-state index is 12.4. The highest BCUT2D eigenvalue weighted by Gasteiger charge is 2.29. The Bertz CT molecular complexity index is 404. The number of piperidine rings is 1. The molecule has 0 bridgehead atoms. The van der Waals surface area contributed by atoms with E-state index in [1.165, 1.54) is 32.7 Å². The van der Waals surface area contributed by atoms with Crippen LogP contribution in [-0.4, -0.2) is 92.8 Å². The molecule has 0 aromatic heterocycles. The largest absolute Gasteiger partial charge is 0.381 e. The van der Waals surface area contributed by atoms with E-state index in [2.05, 4.69) is 22.2 Å². The number of ether oxygens (including phenoxy) is 1. The molecule has 6 nitrogen and oxygen atoms in total. The maximum absolute atomic E-state index is 12.4. The molecule has 2 amide bonds. The second kappa shape index (κ2) is 8.50. The zero-order chi connectivity index (χ0) is 16.9. The van der Waals surface area contributed by atoms with Crippen molar-refractivity contribution in [2.24, 2.45) is 5.92 Å². The lowest BCUT2D eigenvalue weighted by Gasteiger charge is -2.38. The monoisotopic (exact) mass is 338 g/mol. The van der Waals surface area contributed by atoms with Gasteiger partial charge < -0.3 is 24.8 Å². The fraction of sp³-hybridized carbons (Fsp3) is 0.944. The van der Waals surface area contributed by atoms with Crippen molar-refractivity contribution in [1.82, 2.24) is 20.0 Å². The summed E-state index contributed by atoms with van der Waals surface area (Å²) in [5.74, 6) is 0.752. The quantitative estimate of drug-likeness (QED) is 0.837. The minimum absolute atomic E-state index is 0.134. The van der Waals surface area contributed by atoms with Crippen LogP contribution in [0.4, 0.5) is 4.79 Å². The SMILES string of the molecule is COC1CCC(NC(=O)N2CCC(CN3CCN(C)CC3)CC2)C1. The summed E-state index contributed by atoms with van der Waals surface area (Å²) in [6.45, 7) is 7.78. The van der Waals surface area contributed by atoms with Gasteiger partial charge in [0, 0.05) is 59.0 Å². The van der Waals surface area contributed by atoms with E-state index in [1.54, 1.807) is 7.11 Å². The van der Waals surface area contributed by atoms with Crippen LogP contribution in [0.1, 0.15) is 32.1 Å². The molecule has 0 spiro atoms. The van der Waals surface area contributed by atoms with Gasteiger partial charge in [0.25, 0.3) is 0 Å². The number of nitrogens with one attached hydrogen (secondary N) is 1.